The molecule has 0 amide bonds. The molecule has 6 heteroatoms. The molecule has 0 aliphatic rings. The van der Waals surface area contributed by atoms with E-state index in [0.29, 0.717) is 17.2 Å². The fourth-order valence-electron chi connectivity index (χ4n) is 4.24. The lowest BCUT2D eigenvalue weighted by Crippen LogP contribution is -2.23. The number of benzene rings is 2. The van der Waals surface area contributed by atoms with Gasteiger partial charge >= 0.3 is 0 Å². The molecule has 2 rings (SSSR count). The Morgan fingerprint density at radius 2 is 1.67 bits per heavy atom. The van der Waals surface area contributed by atoms with Crippen LogP contribution in [0.25, 0.3) is 0 Å². The normalized spacial score (nSPS) is 12.0. The smallest absolute Gasteiger partial charge is 0.203 e. The van der Waals surface area contributed by atoms with Crippen molar-refractivity contribution < 1.29 is 23.7 Å². The molecule has 0 spiro atoms. The maximum atomic E-state index is 12.1. The minimum Gasteiger partial charge on any atom is -0.497 e. The number of carbonyl (C=O) groups excluding carboxylic acids is 1. The minimum absolute atomic E-state index is 0.169. The summed E-state index contributed by atoms with van der Waals surface area (Å²) in [7, 11) is 8.63. The number of likely N-dealkylation sites (N-methyl/N-ethyl adjacent to an activating group) is 1. The van der Waals surface area contributed by atoms with Crippen LogP contribution in [0.3, 0.4) is 0 Å². The van der Waals surface area contributed by atoms with E-state index >= 15 is 0 Å². The second-order valence-corrected chi connectivity index (χ2v) is 8.59. The molecule has 0 aliphatic carbocycles. The number of aldehydes is 1. The molecule has 0 heterocycles. The molecule has 182 valence electrons. The summed E-state index contributed by atoms with van der Waals surface area (Å²) in [6.07, 6.45) is 3.66. The van der Waals surface area contributed by atoms with Crippen molar-refractivity contribution in [2.75, 3.05) is 48.6 Å². The Bertz CT molecular complexity index is 896. The number of carbonyl (C=O) groups is 1. The third kappa shape index (κ3) is 6.87. The van der Waals surface area contributed by atoms with Crippen molar-refractivity contribution in [3.8, 4) is 23.0 Å². The number of nitrogens with zero attached hydrogens (tertiary/aromatic N) is 1. The van der Waals surface area contributed by atoms with E-state index < -0.39 is 0 Å². The average Bonchev–Trinajstić information content (AvgIpc) is 2.83. The average molecular weight is 458 g/mol. The van der Waals surface area contributed by atoms with Crippen LogP contribution in [0.2, 0.25) is 0 Å². The highest BCUT2D eigenvalue weighted by Gasteiger charge is 2.26. The summed E-state index contributed by atoms with van der Waals surface area (Å²) in [5.41, 5.74) is 3.21. The molecule has 0 N–H and O–H groups in total. The van der Waals surface area contributed by atoms with Crippen molar-refractivity contribution in [2.24, 2.45) is 0 Å². The molecule has 0 radical (unpaired) electrons. The Morgan fingerprint density at radius 1 is 0.939 bits per heavy atom. The van der Waals surface area contributed by atoms with Crippen LogP contribution in [0.15, 0.2) is 30.3 Å². The summed E-state index contributed by atoms with van der Waals surface area (Å²) < 4.78 is 22.1. The maximum Gasteiger partial charge on any atom is 0.203 e. The number of ether oxygens (including phenoxy) is 4. The second-order valence-electron chi connectivity index (χ2n) is 8.59. The zero-order valence-corrected chi connectivity index (χ0v) is 21.1. The number of rotatable bonds is 14. The molecule has 2 aromatic carbocycles. The standard InChI is InChI=1S/C27H39NO5/c1-19(2)25-23(17-24(31-5)26(32-6)27(25)33-7)21(18-29)11-9-14-28(3)15-13-20-10-8-12-22(16-20)30-4/h8,10,12,16-19,21H,9,11,13-15H2,1-7H3/t21-/m0/s1. The van der Waals surface area contributed by atoms with Gasteiger partial charge in [0.15, 0.2) is 11.5 Å². The van der Waals surface area contributed by atoms with Crippen LogP contribution in [-0.4, -0.2) is 59.8 Å². The van der Waals surface area contributed by atoms with E-state index in [9.17, 15) is 4.79 Å². The molecule has 33 heavy (non-hydrogen) atoms. The fourth-order valence-corrected chi connectivity index (χ4v) is 4.24. The van der Waals surface area contributed by atoms with E-state index in [2.05, 4.69) is 37.9 Å². The van der Waals surface area contributed by atoms with E-state index in [4.69, 9.17) is 18.9 Å². The Morgan fingerprint density at radius 3 is 2.24 bits per heavy atom. The van der Waals surface area contributed by atoms with Gasteiger partial charge in [-0.15, -0.1) is 0 Å². The number of methoxy groups -OCH3 is 4. The van der Waals surface area contributed by atoms with Gasteiger partial charge in [-0.1, -0.05) is 26.0 Å². The lowest BCUT2D eigenvalue weighted by atomic mass is 9.85. The lowest BCUT2D eigenvalue weighted by molar-refractivity contribution is -0.109. The fraction of sp³-hybridized carbons (Fsp3) is 0.519. The first-order valence-corrected chi connectivity index (χ1v) is 11.5. The van der Waals surface area contributed by atoms with Gasteiger partial charge in [-0.25, -0.2) is 0 Å². The Hall–Kier alpha value is -2.73. The van der Waals surface area contributed by atoms with Crippen molar-refractivity contribution >= 4 is 6.29 Å². The molecule has 6 nitrogen and oxygen atoms in total. The highest BCUT2D eigenvalue weighted by atomic mass is 16.5. The van der Waals surface area contributed by atoms with Gasteiger partial charge < -0.3 is 28.6 Å². The van der Waals surface area contributed by atoms with E-state index in [1.54, 1.807) is 28.4 Å². The third-order valence-corrected chi connectivity index (χ3v) is 6.01. The van der Waals surface area contributed by atoms with Crippen LogP contribution in [0.4, 0.5) is 0 Å². The molecule has 0 unspecified atom stereocenters. The van der Waals surface area contributed by atoms with Gasteiger partial charge in [-0.05, 0) is 68.1 Å². The Kier molecular flexibility index (Phi) is 10.5. The summed E-state index contributed by atoms with van der Waals surface area (Å²) >= 11 is 0. The van der Waals surface area contributed by atoms with Gasteiger partial charge in [-0.2, -0.15) is 0 Å². The SMILES string of the molecule is COc1cccc(CCN(C)CCC[C@@H](C=O)c2cc(OC)c(OC)c(OC)c2C(C)C)c1. The third-order valence-electron chi connectivity index (χ3n) is 6.01. The van der Waals surface area contributed by atoms with Crippen molar-refractivity contribution in [1.82, 2.24) is 4.90 Å². The first kappa shape index (κ1) is 26.5. The second kappa shape index (κ2) is 13.1. The summed E-state index contributed by atoms with van der Waals surface area (Å²) in [6.45, 7) is 6.05. The van der Waals surface area contributed by atoms with Gasteiger partial charge in [0.25, 0.3) is 0 Å². The quantitative estimate of drug-likeness (QED) is 0.369. The summed E-state index contributed by atoms with van der Waals surface area (Å²) in [6, 6.07) is 10.1. The molecule has 0 aliphatic heterocycles. The molecular weight excluding hydrogens is 418 g/mol. The Balaban J connectivity index is 2.08. The van der Waals surface area contributed by atoms with Crippen LogP contribution in [0, 0.1) is 0 Å². The molecule has 0 bridgehead atoms. The monoisotopic (exact) mass is 457 g/mol. The minimum atomic E-state index is -0.233. The Labute approximate surface area is 198 Å². The van der Waals surface area contributed by atoms with Gasteiger partial charge in [0.1, 0.15) is 12.0 Å². The van der Waals surface area contributed by atoms with Gasteiger partial charge in [-0.3, -0.25) is 0 Å². The summed E-state index contributed by atoms with van der Waals surface area (Å²) in [5, 5.41) is 0. The highest BCUT2D eigenvalue weighted by molar-refractivity contribution is 5.69. The number of hydrogen-bond donors (Lipinski definition) is 0. The molecule has 0 saturated heterocycles. The maximum absolute atomic E-state index is 12.1. The van der Waals surface area contributed by atoms with Crippen molar-refractivity contribution in [2.45, 2.75) is 44.9 Å². The zero-order chi connectivity index (χ0) is 24.4. The topological polar surface area (TPSA) is 57.2 Å². The van der Waals surface area contributed by atoms with Crippen LogP contribution < -0.4 is 18.9 Å². The summed E-state index contributed by atoms with van der Waals surface area (Å²) in [4.78, 5) is 14.4. The molecular formula is C27H39NO5. The van der Waals surface area contributed by atoms with Gasteiger partial charge in [0, 0.05) is 18.0 Å². The van der Waals surface area contributed by atoms with Crippen molar-refractivity contribution in [1.29, 1.82) is 0 Å². The lowest BCUT2D eigenvalue weighted by Gasteiger charge is -2.25. The molecule has 2 aromatic rings. The van der Waals surface area contributed by atoms with E-state index in [1.165, 1.54) is 5.56 Å². The van der Waals surface area contributed by atoms with Crippen LogP contribution in [-0.2, 0) is 11.2 Å². The van der Waals surface area contributed by atoms with Crippen LogP contribution in [0.1, 0.15) is 55.2 Å². The highest BCUT2D eigenvalue weighted by Crippen LogP contribution is 2.47. The predicted octanol–water partition coefficient (Wildman–Crippen LogP) is 5.08. The van der Waals surface area contributed by atoms with Crippen LogP contribution in [0.5, 0.6) is 23.0 Å². The van der Waals surface area contributed by atoms with E-state index in [0.717, 1.165) is 55.5 Å². The van der Waals surface area contributed by atoms with Gasteiger partial charge in [0.2, 0.25) is 5.75 Å². The van der Waals surface area contributed by atoms with E-state index in [-0.39, 0.29) is 11.8 Å². The van der Waals surface area contributed by atoms with Crippen molar-refractivity contribution in [3.63, 3.8) is 0 Å². The zero-order valence-electron chi connectivity index (χ0n) is 21.1. The summed E-state index contributed by atoms with van der Waals surface area (Å²) in [5.74, 6) is 2.61. The molecule has 0 aromatic heterocycles. The van der Waals surface area contributed by atoms with Crippen molar-refractivity contribution in [3.05, 3.63) is 47.0 Å². The van der Waals surface area contributed by atoms with Crippen LogP contribution >= 0.6 is 0 Å². The largest absolute Gasteiger partial charge is 0.497 e. The van der Waals surface area contributed by atoms with E-state index in [1.807, 2.05) is 18.2 Å². The predicted molar refractivity (Wildman–Crippen MR) is 132 cm³/mol. The molecule has 1 atom stereocenters. The number of hydrogen-bond acceptors (Lipinski definition) is 6. The van der Waals surface area contributed by atoms with Gasteiger partial charge in [0.05, 0.1) is 28.4 Å². The first-order valence-electron chi connectivity index (χ1n) is 11.5. The first-order chi connectivity index (χ1) is 15.9. The molecule has 0 fully saturated rings. The molecule has 0 saturated carbocycles.